The molecule has 0 unspecified atom stereocenters. The first-order valence-corrected chi connectivity index (χ1v) is 8.02. The monoisotopic (exact) mass is 372 g/mol. The Hall–Kier alpha value is -3.35. The van der Waals surface area contributed by atoms with E-state index < -0.39 is 23.4 Å². The van der Waals surface area contributed by atoms with Gasteiger partial charge in [0.2, 0.25) is 0 Å². The van der Waals surface area contributed by atoms with Crippen LogP contribution < -0.4 is 9.75 Å². The molecule has 1 aliphatic heterocycles. The summed E-state index contributed by atoms with van der Waals surface area (Å²) >= 11 is 0. The number of rotatable bonds is 5. The van der Waals surface area contributed by atoms with Crippen molar-refractivity contribution < 1.29 is 22.7 Å². The summed E-state index contributed by atoms with van der Waals surface area (Å²) < 4.78 is 45.9. The topological polar surface area (TPSA) is 41.9 Å². The van der Waals surface area contributed by atoms with Gasteiger partial charge in [0.05, 0.1) is 11.3 Å². The van der Waals surface area contributed by atoms with Gasteiger partial charge in [-0.05, 0) is 24.3 Å². The van der Waals surface area contributed by atoms with E-state index >= 15 is 0 Å². The predicted octanol–water partition coefficient (Wildman–Crippen LogP) is 4.60. The molecule has 1 heterocycles. The molecule has 0 atom stereocenters. The first-order chi connectivity index (χ1) is 12.9. The van der Waals surface area contributed by atoms with Crippen LogP contribution in [0.4, 0.5) is 18.9 Å². The number of halogens is 3. The molecule has 3 rings (SSSR count). The largest absolute Gasteiger partial charge is 0.489 e. The van der Waals surface area contributed by atoms with E-state index in [0.717, 1.165) is 11.1 Å². The molecule has 1 amide bonds. The number of hydrazone groups is 1. The molecule has 27 heavy (non-hydrogen) atoms. The summed E-state index contributed by atoms with van der Waals surface area (Å²) in [7, 11) is 0. The van der Waals surface area contributed by atoms with Gasteiger partial charge in [-0.15, -0.1) is 0 Å². The fraction of sp³-hybridized carbons (Fsp3) is 0.100. The van der Waals surface area contributed by atoms with Gasteiger partial charge in [0.25, 0.3) is 5.91 Å². The second-order valence-corrected chi connectivity index (χ2v) is 5.59. The van der Waals surface area contributed by atoms with Crippen molar-refractivity contribution in [3.05, 3.63) is 78.4 Å². The van der Waals surface area contributed by atoms with Crippen LogP contribution in [-0.4, -0.2) is 24.4 Å². The van der Waals surface area contributed by atoms with Crippen molar-refractivity contribution in [2.24, 2.45) is 5.10 Å². The molecule has 0 aliphatic carbocycles. The minimum atomic E-state index is -4.78. The van der Waals surface area contributed by atoms with Crippen molar-refractivity contribution in [1.29, 1.82) is 0 Å². The Kier molecular flexibility index (Phi) is 5.12. The Morgan fingerprint density at radius 3 is 2.41 bits per heavy atom. The molecule has 0 bridgehead atoms. The molecule has 0 aromatic heterocycles. The van der Waals surface area contributed by atoms with Gasteiger partial charge in [0, 0.05) is 5.56 Å². The summed E-state index contributed by atoms with van der Waals surface area (Å²) in [6.45, 7) is 3.72. The van der Waals surface area contributed by atoms with E-state index in [0.29, 0.717) is 11.3 Å². The number of nitrogens with zero attached hydrogens (tertiary/aromatic N) is 2. The van der Waals surface area contributed by atoms with Crippen LogP contribution in [0.3, 0.4) is 0 Å². The van der Waals surface area contributed by atoms with Gasteiger partial charge in [-0.1, -0.05) is 49.1 Å². The SMILES string of the molecule is C=CCOc1ccccc1/C=C1\C(=O)N(c2ccccc2)N=C1C(F)(F)F. The first-order valence-electron chi connectivity index (χ1n) is 8.02. The van der Waals surface area contributed by atoms with Crippen LogP contribution in [0.2, 0.25) is 0 Å². The molecule has 4 nitrogen and oxygen atoms in total. The number of anilines is 1. The summed E-state index contributed by atoms with van der Waals surface area (Å²) in [5.41, 5.74) is -1.19. The van der Waals surface area contributed by atoms with Crippen LogP contribution in [0.1, 0.15) is 5.56 Å². The average molecular weight is 372 g/mol. The normalized spacial score (nSPS) is 15.8. The Morgan fingerprint density at radius 1 is 1.07 bits per heavy atom. The summed E-state index contributed by atoms with van der Waals surface area (Å²) in [6, 6.07) is 14.5. The summed E-state index contributed by atoms with van der Waals surface area (Å²) in [5.74, 6) is -0.510. The molecular formula is C20H15F3N2O2. The van der Waals surface area contributed by atoms with Crippen LogP contribution in [0.25, 0.3) is 6.08 Å². The van der Waals surface area contributed by atoms with E-state index in [1.165, 1.54) is 18.2 Å². The molecule has 0 fully saturated rings. The van der Waals surface area contributed by atoms with Gasteiger partial charge in [0.15, 0.2) is 5.71 Å². The van der Waals surface area contributed by atoms with Crippen molar-refractivity contribution in [3.63, 3.8) is 0 Å². The number of benzene rings is 2. The van der Waals surface area contributed by atoms with Crippen molar-refractivity contribution in [3.8, 4) is 5.75 Å². The highest BCUT2D eigenvalue weighted by molar-refractivity contribution is 6.34. The van der Waals surface area contributed by atoms with Crippen LogP contribution in [0.15, 0.2) is 77.9 Å². The van der Waals surface area contributed by atoms with Crippen molar-refractivity contribution in [1.82, 2.24) is 0 Å². The smallest absolute Gasteiger partial charge is 0.435 e. The number of alkyl halides is 3. The lowest BCUT2D eigenvalue weighted by atomic mass is 10.1. The number of hydrogen-bond acceptors (Lipinski definition) is 3. The van der Waals surface area contributed by atoms with Crippen molar-refractivity contribution in [2.45, 2.75) is 6.18 Å². The third kappa shape index (κ3) is 3.92. The van der Waals surface area contributed by atoms with Gasteiger partial charge in [-0.25, -0.2) is 0 Å². The van der Waals surface area contributed by atoms with Crippen LogP contribution in [0, 0.1) is 0 Å². The average Bonchev–Trinajstić information content (AvgIpc) is 2.98. The van der Waals surface area contributed by atoms with E-state index in [9.17, 15) is 18.0 Å². The highest BCUT2D eigenvalue weighted by Gasteiger charge is 2.46. The van der Waals surface area contributed by atoms with Crippen LogP contribution in [0.5, 0.6) is 5.75 Å². The maximum absolute atomic E-state index is 13.5. The molecule has 7 heteroatoms. The van der Waals surface area contributed by atoms with Gasteiger partial charge < -0.3 is 4.74 Å². The lowest BCUT2D eigenvalue weighted by molar-refractivity contribution is -0.114. The number of amides is 1. The van der Waals surface area contributed by atoms with Gasteiger partial charge in [-0.2, -0.15) is 23.3 Å². The maximum atomic E-state index is 13.5. The van der Waals surface area contributed by atoms with Crippen molar-refractivity contribution >= 4 is 23.4 Å². The molecule has 138 valence electrons. The Bertz CT molecular complexity index is 918. The highest BCUT2D eigenvalue weighted by Crippen LogP contribution is 2.33. The van der Waals surface area contributed by atoms with Gasteiger partial charge in [0.1, 0.15) is 12.4 Å². The Labute approximate surface area is 153 Å². The zero-order valence-corrected chi connectivity index (χ0v) is 14.1. The highest BCUT2D eigenvalue weighted by atomic mass is 19.4. The standard InChI is InChI=1S/C20H15F3N2O2/c1-2-12-27-17-11-7-6-8-14(17)13-16-18(20(21,22)23)24-25(19(16)26)15-9-4-3-5-10-15/h2-11,13H,1,12H2/b16-13-. The van der Waals surface area contributed by atoms with E-state index in [4.69, 9.17) is 4.74 Å². The van der Waals surface area contributed by atoms with Gasteiger partial charge >= 0.3 is 6.18 Å². The van der Waals surface area contributed by atoms with E-state index in [1.807, 2.05) is 0 Å². The quantitative estimate of drug-likeness (QED) is 0.569. The molecule has 1 aliphatic rings. The number of hydrogen-bond donors (Lipinski definition) is 0. The molecule has 0 spiro atoms. The third-order valence-electron chi connectivity index (χ3n) is 3.72. The van der Waals surface area contributed by atoms with Gasteiger partial charge in [-0.3, -0.25) is 4.79 Å². The minimum absolute atomic E-state index is 0.185. The minimum Gasteiger partial charge on any atom is -0.489 e. The van der Waals surface area contributed by atoms with Crippen molar-refractivity contribution in [2.75, 3.05) is 11.6 Å². The first kappa shape index (κ1) is 18.4. The lowest BCUT2D eigenvalue weighted by Gasteiger charge is -2.11. The number of carbonyl (C=O) groups excluding carboxylic acids is 1. The molecule has 0 N–H and O–H groups in total. The zero-order valence-electron chi connectivity index (χ0n) is 14.1. The van der Waals surface area contributed by atoms with E-state index in [2.05, 4.69) is 11.7 Å². The molecule has 2 aromatic rings. The summed E-state index contributed by atoms with van der Waals surface area (Å²) in [6.07, 6.45) is -2.11. The Balaban J connectivity index is 2.06. The third-order valence-corrected chi connectivity index (χ3v) is 3.72. The summed E-state index contributed by atoms with van der Waals surface area (Å²) in [5, 5.41) is 4.28. The molecule has 0 saturated carbocycles. The lowest BCUT2D eigenvalue weighted by Crippen LogP contribution is -2.25. The second kappa shape index (κ2) is 7.49. The maximum Gasteiger partial charge on any atom is 0.435 e. The molecule has 2 aromatic carbocycles. The summed E-state index contributed by atoms with van der Waals surface area (Å²) in [4.78, 5) is 12.7. The number of ether oxygens (including phenoxy) is 1. The second-order valence-electron chi connectivity index (χ2n) is 5.59. The molecular weight excluding hydrogens is 357 g/mol. The van der Waals surface area contributed by atoms with Crippen LogP contribution >= 0.6 is 0 Å². The molecule has 0 radical (unpaired) electrons. The molecule has 0 saturated heterocycles. The Morgan fingerprint density at radius 2 is 1.74 bits per heavy atom. The number of carbonyl (C=O) groups is 1. The van der Waals surface area contributed by atoms with E-state index in [-0.39, 0.29) is 12.3 Å². The number of para-hydroxylation sites is 2. The predicted molar refractivity (Wildman–Crippen MR) is 97.5 cm³/mol. The van der Waals surface area contributed by atoms with Crippen LogP contribution in [-0.2, 0) is 4.79 Å². The van der Waals surface area contributed by atoms with E-state index in [1.54, 1.807) is 42.5 Å². The zero-order chi connectivity index (χ0) is 19.4. The fourth-order valence-electron chi connectivity index (χ4n) is 2.53. The fourth-order valence-corrected chi connectivity index (χ4v) is 2.53.